The summed E-state index contributed by atoms with van der Waals surface area (Å²) in [7, 11) is 3.12. The van der Waals surface area contributed by atoms with Crippen LogP contribution in [0.1, 0.15) is 29.8 Å². The number of benzene rings is 2. The molecular formula is C22H26N4O3. The average molecular weight is 394 g/mol. The normalized spacial score (nSPS) is 11.6. The first kappa shape index (κ1) is 20.3. The number of nitrogens with zero attached hydrogens (tertiary/aromatic N) is 2. The van der Waals surface area contributed by atoms with Gasteiger partial charge in [-0.15, -0.1) is 0 Å². The third-order valence-electron chi connectivity index (χ3n) is 4.86. The van der Waals surface area contributed by atoms with Crippen molar-refractivity contribution in [2.24, 2.45) is 0 Å². The predicted octanol–water partition coefficient (Wildman–Crippen LogP) is 4.39. The zero-order valence-corrected chi connectivity index (χ0v) is 17.3. The fourth-order valence-corrected chi connectivity index (χ4v) is 3.23. The van der Waals surface area contributed by atoms with Crippen molar-refractivity contribution < 1.29 is 14.3 Å². The number of hydrogen-bond acceptors (Lipinski definition) is 4. The van der Waals surface area contributed by atoms with E-state index >= 15 is 0 Å². The number of methoxy groups -OCH3 is 2. The fourth-order valence-electron chi connectivity index (χ4n) is 3.23. The lowest BCUT2D eigenvalue weighted by Crippen LogP contribution is -2.31. The Morgan fingerprint density at radius 2 is 1.86 bits per heavy atom. The van der Waals surface area contributed by atoms with Crippen LogP contribution < -0.4 is 20.1 Å². The number of para-hydroxylation sites is 1. The maximum absolute atomic E-state index is 12.5. The number of anilines is 1. The number of aromatic nitrogens is 2. The third kappa shape index (κ3) is 4.34. The molecule has 1 atom stereocenters. The number of rotatable bonds is 6. The number of aryl methyl sites for hydroxylation is 1. The molecule has 0 aliphatic carbocycles. The summed E-state index contributed by atoms with van der Waals surface area (Å²) in [6.45, 7) is 5.97. The molecule has 0 fully saturated rings. The standard InChI is InChI=1S/C22H26N4O3/c1-14-8-6-7-9-20(14)26-16(3)18(13-23-26)15(2)24-22(27)25-19-11-10-17(28-4)12-21(19)29-5/h6-13,15H,1-5H3,(H2,24,25,27). The van der Waals surface area contributed by atoms with Gasteiger partial charge in [-0.2, -0.15) is 5.10 Å². The van der Waals surface area contributed by atoms with E-state index in [2.05, 4.69) is 15.7 Å². The molecule has 29 heavy (non-hydrogen) atoms. The highest BCUT2D eigenvalue weighted by Gasteiger charge is 2.18. The summed E-state index contributed by atoms with van der Waals surface area (Å²) in [6, 6.07) is 12.7. The average Bonchev–Trinajstić information content (AvgIpc) is 3.09. The third-order valence-corrected chi connectivity index (χ3v) is 4.86. The second-order valence-corrected chi connectivity index (χ2v) is 6.77. The summed E-state index contributed by atoms with van der Waals surface area (Å²) >= 11 is 0. The Morgan fingerprint density at radius 3 is 2.55 bits per heavy atom. The summed E-state index contributed by atoms with van der Waals surface area (Å²) in [5, 5.41) is 10.3. The molecule has 7 nitrogen and oxygen atoms in total. The van der Waals surface area contributed by atoms with Gasteiger partial charge in [0, 0.05) is 17.3 Å². The lowest BCUT2D eigenvalue weighted by atomic mass is 10.1. The molecule has 2 aromatic carbocycles. The van der Waals surface area contributed by atoms with E-state index in [-0.39, 0.29) is 12.1 Å². The van der Waals surface area contributed by atoms with Crippen molar-refractivity contribution in [2.75, 3.05) is 19.5 Å². The lowest BCUT2D eigenvalue weighted by molar-refractivity contribution is 0.249. The van der Waals surface area contributed by atoms with Crippen LogP contribution in [0.25, 0.3) is 5.69 Å². The molecule has 0 aliphatic rings. The van der Waals surface area contributed by atoms with Crippen molar-refractivity contribution in [1.29, 1.82) is 0 Å². The molecule has 0 bridgehead atoms. The van der Waals surface area contributed by atoms with Crippen molar-refractivity contribution in [3.05, 3.63) is 65.5 Å². The van der Waals surface area contributed by atoms with E-state index in [4.69, 9.17) is 9.47 Å². The van der Waals surface area contributed by atoms with E-state index < -0.39 is 0 Å². The van der Waals surface area contributed by atoms with Crippen LogP contribution in [0.4, 0.5) is 10.5 Å². The first-order valence-corrected chi connectivity index (χ1v) is 9.34. The molecule has 2 N–H and O–H groups in total. The van der Waals surface area contributed by atoms with Crippen molar-refractivity contribution in [3.63, 3.8) is 0 Å². The first-order chi connectivity index (χ1) is 13.9. The highest BCUT2D eigenvalue weighted by atomic mass is 16.5. The molecule has 0 saturated heterocycles. The van der Waals surface area contributed by atoms with Crippen molar-refractivity contribution in [2.45, 2.75) is 26.8 Å². The van der Waals surface area contributed by atoms with Crippen molar-refractivity contribution in [3.8, 4) is 17.2 Å². The van der Waals surface area contributed by atoms with Gasteiger partial charge in [-0.1, -0.05) is 18.2 Å². The Balaban J connectivity index is 1.73. The summed E-state index contributed by atoms with van der Waals surface area (Å²) < 4.78 is 12.4. The second kappa shape index (κ2) is 8.68. The monoisotopic (exact) mass is 394 g/mol. The Kier molecular flexibility index (Phi) is 6.07. The Morgan fingerprint density at radius 1 is 1.10 bits per heavy atom. The Bertz CT molecular complexity index is 1010. The van der Waals surface area contributed by atoms with Gasteiger partial charge in [0.25, 0.3) is 0 Å². The van der Waals surface area contributed by atoms with Crippen LogP contribution >= 0.6 is 0 Å². The number of urea groups is 1. The van der Waals surface area contributed by atoms with Gasteiger partial charge < -0.3 is 20.1 Å². The zero-order valence-electron chi connectivity index (χ0n) is 17.3. The molecule has 0 radical (unpaired) electrons. The van der Waals surface area contributed by atoms with E-state index in [0.29, 0.717) is 17.2 Å². The van der Waals surface area contributed by atoms with Crippen molar-refractivity contribution >= 4 is 11.7 Å². The van der Waals surface area contributed by atoms with Crippen LogP contribution in [0.5, 0.6) is 11.5 Å². The van der Waals surface area contributed by atoms with Gasteiger partial charge in [0.05, 0.1) is 37.8 Å². The molecular weight excluding hydrogens is 368 g/mol. The van der Waals surface area contributed by atoms with E-state index in [0.717, 1.165) is 22.5 Å². The van der Waals surface area contributed by atoms with Gasteiger partial charge >= 0.3 is 6.03 Å². The van der Waals surface area contributed by atoms with Crippen LogP contribution in [-0.4, -0.2) is 30.0 Å². The molecule has 152 valence electrons. The van der Waals surface area contributed by atoms with E-state index in [1.165, 1.54) is 0 Å². The second-order valence-electron chi connectivity index (χ2n) is 6.77. The molecule has 1 aromatic heterocycles. The Hall–Kier alpha value is -3.48. The summed E-state index contributed by atoms with van der Waals surface area (Å²) in [4.78, 5) is 12.5. The maximum Gasteiger partial charge on any atom is 0.319 e. The molecule has 1 unspecified atom stereocenters. The smallest absolute Gasteiger partial charge is 0.319 e. The Labute approximate surface area is 170 Å². The lowest BCUT2D eigenvalue weighted by Gasteiger charge is -2.16. The SMILES string of the molecule is COc1ccc(NC(=O)NC(C)c2cnn(-c3ccccc3C)c2C)c(OC)c1. The maximum atomic E-state index is 12.5. The minimum Gasteiger partial charge on any atom is -0.497 e. The largest absolute Gasteiger partial charge is 0.497 e. The number of ether oxygens (including phenoxy) is 2. The number of nitrogens with one attached hydrogen (secondary N) is 2. The topological polar surface area (TPSA) is 77.4 Å². The van der Waals surface area contributed by atoms with Gasteiger partial charge in [-0.05, 0) is 44.5 Å². The summed E-state index contributed by atoms with van der Waals surface area (Å²) in [5.41, 5.74) is 4.65. The number of hydrogen-bond donors (Lipinski definition) is 2. The molecule has 0 saturated carbocycles. The molecule has 3 rings (SSSR count). The number of carbonyl (C=O) groups excluding carboxylic acids is 1. The molecule has 2 amide bonds. The van der Waals surface area contributed by atoms with Gasteiger partial charge in [-0.25, -0.2) is 9.48 Å². The molecule has 1 heterocycles. The van der Waals surface area contributed by atoms with E-state index in [1.54, 1.807) is 38.6 Å². The van der Waals surface area contributed by atoms with Gasteiger partial charge in [-0.3, -0.25) is 0 Å². The minimum absolute atomic E-state index is 0.225. The predicted molar refractivity (Wildman–Crippen MR) is 113 cm³/mol. The number of amides is 2. The molecule has 3 aromatic rings. The van der Waals surface area contributed by atoms with Crippen LogP contribution in [0, 0.1) is 13.8 Å². The molecule has 7 heteroatoms. The van der Waals surface area contributed by atoms with Gasteiger partial charge in [0.1, 0.15) is 11.5 Å². The fraction of sp³-hybridized carbons (Fsp3) is 0.273. The summed E-state index contributed by atoms with van der Waals surface area (Å²) in [5.74, 6) is 1.18. The van der Waals surface area contributed by atoms with Gasteiger partial charge in [0.15, 0.2) is 0 Å². The van der Waals surface area contributed by atoms with E-state index in [1.807, 2.05) is 49.7 Å². The van der Waals surface area contributed by atoms with Crippen LogP contribution in [-0.2, 0) is 0 Å². The van der Waals surface area contributed by atoms with Crippen LogP contribution in [0.2, 0.25) is 0 Å². The molecule has 0 aliphatic heterocycles. The molecule has 0 spiro atoms. The number of carbonyl (C=O) groups is 1. The van der Waals surface area contributed by atoms with Gasteiger partial charge in [0.2, 0.25) is 0 Å². The van der Waals surface area contributed by atoms with Crippen LogP contribution in [0.15, 0.2) is 48.7 Å². The van der Waals surface area contributed by atoms with Crippen LogP contribution in [0.3, 0.4) is 0 Å². The highest BCUT2D eigenvalue weighted by molar-refractivity contribution is 5.91. The quantitative estimate of drug-likeness (QED) is 0.650. The highest BCUT2D eigenvalue weighted by Crippen LogP contribution is 2.29. The summed E-state index contributed by atoms with van der Waals surface area (Å²) in [6.07, 6.45) is 1.79. The zero-order chi connectivity index (χ0) is 21.0. The van der Waals surface area contributed by atoms with Crippen molar-refractivity contribution in [1.82, 2.24) is 15.1 Å². The first-order valence-electron chi connectivity index (χ1n) is 9.34. The minimum atomic E-state index is -0.330. The van der Waals surface area contributed by atoms with E-state index in [9.17, 15) is 4.79 Å².